The maximum absolute atomic E-state index is 12.4. The molecule has 0 atom stereocenters. The minimum atomic E-state index is -1.05. The van der Waals surface area contributed by atoms with Gasteiger partial charge >= 0.3 is 6.09 Å². The number of benzene rings is 3. The summed E-state index contributed by atoms with van der Waals surface area (Å²) >= 11 is 0. The second-order valence-corrected chi connectivity index (χ2v) is 8.40. The number of nitrogens with zero attached hydrogens (tertiary/aromatic N) is 1. The van der Waals surface area contributed by atoms with Crippen LogP contribution in [0.25, 0.3) is 22.0 Å². The first-order valence-electron chi connectivity index (χ1n) is 11.8. The van der Waals surface area contributed by atoms with Gasteiger partial charge in [0, 0.05) is 35.9 Å². The van der Waals surface area contributed by atoms with Crippen molar-refractivity contribution in [3.05, 3.63) is 90.1 Å². The van der Waals surface area contributed by atoms with Crippen LogP contribution in [-0.4, -0.2) is 41.1 Å². The molecule has 9 heteroatoms. The lowest BCUT2D eigenvalue weighted by Crippen LogP contribution is -2.26. The molecule has 0 bridgehead atoms. The number of primary amides is 1. The standard InChI is InChI=1S/C28H27N5O4/c29-26(34)23-17-32-24-6-2-1-5-22(24)25(23)33-21-13-11-19(12-14-21)18-7-9-20(10-8-18)27(35)30-15-3-4-16-31-28(36)37/h1-2,5-14,17,31H,3-4,15-16H2,(H2,29,34)(H,30,35)(H,32,33)(H,36,37). The Morgan fingerprint density at radius 3 is 2.08 bits per heavy atom. The normalized spacial score (nSPS) is 10.6. The van der Waals surface area contributed by atoms with Gasteiger partial charge in [0.15, 0.2) is 0 Å². The summed E-state index contributed by atoms with van der Waals surface area (Å²) in [5.41, 5.74) is 10.5. The minimum Gasteiger partial charge on any atom is -0.465 e. The fraction of sp³-hybridized carbons (Fsp3) is 0.143. The van der Waals surface area contributed by atoms with Crippen LogP contribution < -0.4 is 21.7 Å². The molecular formula is C28H27N5O4. The van der Waals surface area contributed by atoms with Gasteiger partial charge in [0.2, 0.25) is 0 Å². The van der Waals surface area contributed by atoms with E-state index in [-0.39, 0.29) is 5.91 Å². The number of anilines is 2. The highest BCUT2D eigenvalue weighted by atomic mass is 16.4. The number of pyridine rings is 1. The molecule has 1 aromatic heterocycles. The number of rotatable bonds is 10. The van der Waals surface area contributed by atoms with Gasteiger partial charge in [0.25, 0.3) is 11.8 Å². The van der Waals surface area contributed by atoms with E-state index < -0.39 is 12.0 Å². The number of para-hydroxylation sites is 1. The van der Waals surface area contributed by atoms with E-state index in [1.165, 1.54) is 6.20 Å². The molecule has 0 saturated heterocycles. The number of carboxylic acid groups (broad SMARTS) is 1. The molecule has 0 aliphatic carbocycles. The highest BCUT2D eigenvalue weighted by Gasteiger charge is 2.13. The van der Waals surface area contributed by atoms with Gasteiger partial charge in [-0.05, 0) is 54.3 Å². The number of amides is 3. The Balaban J connectivity index is 1.40. The molecule has 0 aliphatic heterocycles. The quantitative estimate of drug-likeness (QED) is 0.204. The Morgan fingerprint density at radius 1 is 0.811 bits per heavy atom. The SMILES string of the molecule is NC(=O)c1cnc2ccccc2c1Nc1ccc(-c2ccc(C(=O)NCCCCNC(=O)O)cc2)cc1. The number of fused-ring (bicyclic) bond motifs is 1. The summed E-state index contributed by atoms with van der Waals surface area (Å²) in [4.78, 5) is 39.1. The molecular weight excluding hydrogens is 470 g/mol. The number of nitrogens with one attached hydrogen (secondary N) is 3. The second-order valence-electron chi connectivity index (χ2n) is 8.40. The first kappa shape index (κ1) is 25.2. The Morgan fingerprint density at radius 2 is 1.43 bits per heavy atom. The molecule has 37 heavy (non-hydrogen) atoms. The van der Waals surface area contributed by atoms with Crippen molar-refractivity contribution >= 4 is 40.2 Å². The molecule has 6 N–H and O–H groups in total. The number of unbranched alkanes of at least 4 members (excludes halogenated alkanes) is 1. The van der Waals surface area contributed by atoms with Crippen LogP contribution in [0, 0.1) is 0 Å². The predicted octanol–water partition coefficient (Wildman–Crippen LogP) is 4.52. The lowest BCUT2D eigenvalue weighted by molar-refractivity contribution is 0.0951. The molecule has 0 radical (unpaired) electrons. The van der Waals surface area contributed by atoms with E-state index in [0.717, 1.165) is 27.7 Å². The predicted molar refractivity (Wildman–Crippen MR) is 143 cm³/mol. The first-order valence-corrected chi connectivity index (χ1v) is 11.8. The van der Waals surface area contributed by atoms with Gasteiger partial charge in [-0.15, -0.1) is 0 Å². The summed E-state index contributed by atoms with van der Waals surface area (Å²) in [6.07, 6.45) is 1.77. The second kappa shape index (κ2) is 11.7. The molecule has 9 nitrogen and oxygen atoms in total. The van der Waals surface area contributed by atoms with Crippen molar-refractivity contribution in [1.29, 1.82) is 0 Å². The third kappa shape index (κ3) is 6.40. The van der Waals surface area contributed by atoms with E-state index in [0.29, 0.717) is 42.7 Å². The Labute approximate surface area is 213 Å². The topological polar surface area (TPSA) is 146 Å². The number of nitrogens with two attached hydrogens (primary N) is 1. The van der Waals surface area contributed by atoms with Gasteiger partial charge < -0.3 is 26.8 Å². The van der Waals surface area contributed by atoms with Crippen LogP contribution in [0.4, 0.5) is 16.2 Å². The number of carbonyl (C=O) groups excluding carboxylic acids is 2. The monoisotopic (exact) mass is 497 g/mol. The minimum absolute atomic E-state index is 0.174. The third-order valence-electron chi connectivity index (χ3n) is 5.84. The maximum Gasteiger partial charge on any atom is 0.404 e. The van der Waals surface area contributed by atoms with Crippen LogP contribution in [0.15, 0.2) is 79.0 Å². The van der Waals surface area contributed by atoms with Gasteiger partial charge in [-0.2, -0.15) is 0 Å². The zero-order valence-corrected chi connectivity index (χ0v) is 20.0. The van der Waals surface area contributed by atoms with E-state index >= 15 is 0 Å². The zero-order chi connectivity index (χ0) is 26.2. The smallest absolute Gasteiger partial charge is 0.404 e. The van der Waals surface area contributed by atoms with Crippen LogP contribution in [0.2, 0.25) is 0 Å². The summed E-state index contributed by atoms with van der Waals surface area (Å²) in [5, 5.41) is 17.8. The summed E-state index contributed by atoms with van der Waals surface area (Å²) < 4.78 is 0. The number of hydrogen-bond donors (Lipinski definition) is 5. The van der Waals surface area contributed by atoms with Crippen LogP contribution in [-0.2, 0) is 0 Å². The molecule has 0 unspecified atom stereocenters. The lowest BCUT2D eigenvalue weighted by Gasteiger charge is -2.13. The molecule has 3 aromatic carbocycles. The molecule has 4 aromatic rings. The molecule has 1 heterocycles. The van der Waals surface area contributed by atoms with Crippen molar-refractivity contribution in [2.45, 2.75) is 12.8 Å². The summed E-state index contributed by atoms with van der Waals surface area (Å²) in [7, 11) is 0. The average Bonchev–Trinajstić information content (AvgIpc) is 2.91. The van der Waals surface area contributed by atoms with Crippen LogP contribution in [0.5, 0.6) is 0 Å². The summed E-state index contributed by atoms with van der Waals surface area (Å²) in [5.74, 6) is -0.733. The van der Waals surface area contributed by atoms with Crippen LogP contribution in [0.3, 0.4) is 0 Å². The van der Waals surface area contributed by atoms with Gasteiger partial charge in [-0.1, -0.05) is 42.5 Å². The van der Waals surface area contributed by atoms with Crippen molar-refractivity contribution < 1.29 is 19.5 Å². The third-order valence-corrected chi connectivity index (χ3v) is 5.84. The Hall–Kier alpha value is -4.92. The van der Waals surface area contributed by atoms with Crippen molar-refractivity contribution in [1.82, 2.24) is 15.6 Å². The Bertz CT molecular complexity index is 1420. The van der Waals surface area contributed by atoms with E-state index in [9.17, 15) is 14.4 Å². The molecule has 0 saturated carbocycles. The highest BCUT2D eigenvalue weighted by Crippen LogP contribution is 2.30. The molecule has 3 amide bonds. The zero-order valence-electron chi connectivity index (χ0n) is 20.0. The fourth-order valence-electron chi connectivity index (χ4n) is 3.92. The van der Waals surface area contributed by atoms with Crippen molar-refractivity contribution in [3.8, 4) is 11.1 Å². The van der Waals surface area contributed by atoms with E-state index in [1.807, 2.05) is 60.7 Å². The first-order chi connectivity index (χ1) is 17.9. The fourth-order valence-corrected chi connectivity index (χ4v) is 3.92. The highest BCUT2D eigenvalue weighted by molar-refractivity contribution is 6.07. The average molecular weight is 498 g/mol. The molecule has 0 spiro atoms. The Kier molecular flexibility index (Phi) is 7.95. The van der Waals surface area contributed by atoms with Gasteiger partial charge in [0.05, 0.1) is 16.8 Å². The van der Waals surface area contributed by atoms with Gasteiger partial charge in [0.1, 0.15) is 0 Å². The van der Waals surface area contributed by atoms with Crippen molar-refractivity contribution in [2.24, 2.45) is 5.73 Å². The van der Waals surface area contributed by atoms with E-state index in [1.54, 1.807) is 12.1 Å². The van der Waals surface area contributed by atoms with Crippen molar-refractivity contribution in [3.63, 3.8) is 0 Å². The van der Waals surface area contributed by atoms with E-state index in [2.05, 4.69) is 20.9 Å². The largest absolute Gasteiger partial charge is 0.465 e. The lowest BCUT2D eigenvalue weighted by atomic mass is 10.0. The molecule has 0 fully saturated rings. The molecule has 188 valence electrons. The van der Waals surface area contributed by atoms with Crippen LogP contribution in [0.1, 0.15) is 33.6 Å². The summed E-state index contributed by atoms with van der Waals surface area (Å²) in [6.45, 7) is 0.834. The van der Waals surface area contributed by atoms with Gasteiger partial charge in [-0.25, -0.2) is 4.79 Å². The van der Waals surface area contributed by atoms with Crippen LogP contribution >= 0.6 is 0 Å². The van der Waals surface area contributed by atoms with Crippen molar-refractivity contribution in [2.75, 3.05) is 18.4 Å². The maximum atomic E-state index is 12.4. The molecule has 0 aliphatic rings. The number of carbonyl (C=O) groups is 3. The number of hydrogen-bond acceptors (Lipinski definition) is 5. The summed E-state index contributed by atoms with van der Waals surface area (Å²) in [6, 6.07) is 22.6. The number of aromatic nitrogens is 1. The van der Waals surface area contributed by atoms with E-state index in [4.69, 9.17) is 10.8 Å². The molecule has 4 rings (SSSR count). The van der Waals surface area contributed by atoms with Gasteiger partial charge in [-0.3, -0.25) is 14.6 Å².